The summed E-state index contributed by atoms with van der Waals surface area (Å²) in [5.41, 5.74) is 7.36. The molecule has 3 amide bonds. The second-order valence-electron chi connectivity index (χ2n) is 10.9. The van der Waals surface area contributed by atoms with E-state index < -0.39 is 6.03 Å². The van der Waals surface area contributed by atoms with Gasteiger partial charge in [-0.15, -0.1) is 0 Å². The molecule has 5 aliphatic rings. The standard InChI is InChI=1S/C29H33N7O5/c37-23(35-9-7-30-8-10-35)6-13-41-22-5-4-17(19-16-20(19)22)26-25-27(33-32-26)18-2-1-3-21(24(18)28(25)38)31-29(39)34-36-11-14-40-15-12-36/h1-5,19-20,30H,6-16H2,(H,32,33)(H2,31,34,39). The van der Waals surface area contributed by atoms with Crippen molar-refractivity contribution in [1.29, 1.82) is 0 Å². The smallest absolute Gasteiger partial charge is 0.333 e. The van der Waals surface area contributed by atoms with Gasteiger partial charge in [0.1, 0.15) is 5.69 Å². The number of anilines is 1. The quantitative estimate of drug-likeness (QED) is 0.343. The molecular weight excluding hydrogens is 526 g/mol. The van der Waals surface area contributed by atoms with E-state index in [2.05, 4.69) is 26.3 Å². The zero-order chi connectivity index (χ0) is 27.9. The van der Waals surface area contributed by atoms with E-state index in [-0.39, 0.29) is 23.5 Å². The molecule has 3 heterocycles. The van der Waals surface area contributed by atoms with Crippen LogP contribution in [0.1, 0.15) is 34.5 Å². The van der Waals surface area contributed by atoms with Crippen molar-refractivity contribution in [3.8, 4) is 11.3 Å². The molecule has 2 saturated heterocycles. The van der Waals surface area contributed by atoms with E-state index in [1.54, 1.807) is 11.1 Å². The zero-order valence-corrected chi connectivity index (χ0v) is 22.7. The Morgan fingerprint density at radius 2 is 1.90 bits per heavy atom. The number of morpholine rings is 1. The van der Waals surface area contributed by atoms with E-state index in [0.29, 0.717) is 67.5 Å². The van der Waals surface area contributed by atoms with Crippen LogP contribution in [0.5, 0.6) is 0 Å². The van der Waals surface area contributed by atoms with E-state index in [4.69, 9.17) is 9.47 Å². The largest absolute Gasteiger partial charge is 0.497 e. The van der Waals surface area contributed by atoms with Crippen molar-refractivity contribution in [3.05, 3.63) is 52.9 Å². The first-order valence-electron chi connectivity index (χ1n) is 14.3. The van der Waals surface area contributed by atoms with Crippen molar-refractivity contribution in [2.75, 3.05) is 64.4 Å². The number of carbonyl (C=O) groups is 3. The molecule has 2 aliphatic heterocycles. The Hall–Kier alpha value is -4.00. The summed E-state index contributed by atoms with van der Waals surface area (Å²) in [4.78, 5) is 40.8. The molecule has 2 atom stereocenters. The maximum atomic E-state index is 13.8. The number of fused-ring (bicyclic) bond motifs is 4. The third-order valence-electron chi connectivity index (χ3n) is 8.38. The van der Waals surface area contributed by atoms with Crippen molar-refractivity contribution in [2.45, 2.75) is 12.8 Å². The molecule has 0 radical (unpaired) electrons. The molecular formula is C29H33N7O5. The number of H-pyrrole nitrogens is 1. The first-order valence-corrected chi connectivity index (χ1v) is 14.3. The Bertz CT molecular complexity index is 1450. The Morgan fingerprint density at radius 3 is 2.73 bits per heavy atom. The second kappa shape index (κ2) is 10.8. The van der Waals surface area contributed by atoms with Crippen LogP contribution in [0.2, 0.25) is 0 Å². The normalized spacial score (nSPS) is 23.1. The van der Waals surface area contributed by atoms with Crippen LogP contribution in [0.3, 0.4) is 0 Å². The van der Waals surface area contributed by atoms with Gasteiger partial charge in [-0.3, -0.25) is 20.1 Å². The number of ether oxygens (including phenoxy) is 2. The van der Waals surface area contributed by atoms with E-state index in [0.717, 1.165) is 49.5 Å². The fourth-order valence-corrected chi connectivity index (χ4v) is 6.18. The highest BCUT2D eigenvalue weighted by molar-refractivity contribution is 6.26. The predicted octanol–water partition coefficient (Wildman–Crippen LogP) is 1.75. The fourth-order valence-electron chi connectivity index (χ4n) is 6.18. The number of hydrogen-bond acceptors (Lipinski definition) is 8. The number of carbonyl (C=O) groups excluding carboxylic acids is 3. The van der Waals surface area contributed by atoms with Crippen LogP contribution in [0, 0.1) is 11.8 Å². The third kappa shape index (κ3) is 4.92. The van der Waals surface area contributed by atoms with Gasteiger partial charge in [-0.2, -0.15) is 5.10 Å². The summed E-state index contributed by atoms with van der Waals surface area (Å²) in [6.07, 6.45) is 5.23. The molecule has 12 nitrogen and oxygen atoms in total. The number of amides is 3. The Morgan fingerprint density at radius 1 is 1.07 bits per heavy atom. The first-order chi connectivity index (χ1) is 20.1. The van der Waals surface area contributed by atoms with Crippen molar-refractivity contribution in [3.63, 3.8) is 0 Å². The number of allylic oxidation sites excluding steroid dienone is 4. The minimum absolute atomic E-state index is 0.129. The number of piperazine rings is 1. The van der Waals surface area contributed by atoms with Gasteiger partial charge in [-0.25, -0.2) is 9.80 Å². The molecule has 1 aromatic carbocycles. The molecule has 12 heteroatoms. The molecule has 214 valence electrons. The first kappa shape index (κ1) is 25.9. The minimum atomic E-state index is -0.398. The number of ketones is 1. The summed E-state index contributed by atoms with van der Waals surface area (Å²) in [7, 11) is 0. The van der Waals surface area contributed by atoms with Crippen molar-refractivity contribution in [2.24, 2.45) is 11.8 Å². The number of urea groups is 1. The molecule has 7 rings (SSSR count). The predicted molar refractivity (Wildman–Crippen MR) is 150 cm³/mol. The van der Waals surface area contributed by atoms with Crippen LogP contribution in [0.4, 0.5) is 10.5 Å². The second-order valence-corrected chi connectivity index (χ2v) is 10.9. The molecule has 0 bridgehead atoms. The Balaban J connectivity index is 1.04. The molecule has 2 aromatic rings. The van der Waals surface area contributed by atoms with Gasteiger partial charge in [0.2, 0.25) is 5.91 Å². The van der Waals surface area contributed by atoms with Gasteiger partial charge in [0.15, 0.2) is 5.78 Å². The summed E-state index contributed by atoms with van der Waals surface area (Å²) in [6, 6.07) is 5.03. The van der Waals surface area contributed by atoms with E-state index in [1.165, 1.54) is 0 Å². The van der Waals surface area contributed by atoms with Crippen LogP contribution in [-0.4, -0.2) is 96.9 Å². The number of benzene rings is 1. The van der Waals surface area contributed by atoms with Crippen LogP contribution in [-0.2, 0) is 14.3 Å². The lowest BCUT2D eigenvalue weighted by atomic mass is 9.96. The monoisotopic (exact) mass is 559 g/mol. The number of hydrogen-bond donors (Lipinski definition) is 4. The maximum absolute atomic E-state index is 13.8. The Labute approximate surface area is 237 Å². The molecule has 0 spiro atoms. The third-order valence-corrected chi connectivity index (χ3v) is 8.38. The van der Waals surface area contributed by atoms with E-state index in [1.807, 2.05) is 29.2 Å². The average Bonchev–Trinajstić information content (AvgIpc) is 3.60. The molecule has 4 N–H and O–H groups in total. The molecule has 2 unspecified atom stereocenters. The van der Waals surface area contributed by atoms with Crippen molar-refractivity contribution < 1.29 is 23.9 Å². The fraction of sp³-hybridized carbons (Fsp3) is 0.448. The molecule has 41 heavy (non-hydrogen) atoms. The van der Waals surface area contributed by atoms with Gasteiger partial charge < -0.3 is 25.0 Å². The Kier molecular flexibility index (Phi) is 6.81. The number of hydrazine groups is 1. The zero-order valence-electron chi connectivity index (χ0n) is 22.7. The minimum Gasteiger partial charge on any atom is -0.497 e. The van der Waals surface area contributed by atoms with Gasteiger partial charge in [-0.05, 0) is 30.1 Å². The lowest BCUT2D eigenvalue weighted by Crippen LogP contribution is -2.49. The average molecular weight is 560 g/mol. The van der Waals surface area contributed by atoms with Gasteiger partial charge in [0.05, 0.1) is 54.5 Å². The highest BCUT2D eigenvalue weighted by Gasteiger charge is 2.48. The summed E-state index contributed by atoms with van der Waals surface area (Å²) >= 11 is 0. The van der Waals surface area contributed by atoms with Gasteiger partial charge in [0.25, 0.3) is 0 Å². The number of aromatic amines is 1. The highest BCUT2D eigenvalue weighted by atomic mass is 16.5. The van der Waals surface area contributed by atoms with Gasteiger partial charge in [0, 0.05) is 50.7 Å². The highest BCUT2D eigenvalue weighted by Crippen LogP contribution is 2.56. The molecule has 1 aromatic heterocycles. The van der Waals surface area contributed by atoms with E-state index in [9.17, 15) is 14.4 Å². The number of nitrogens with one attached hydrogen (secondary N) is 4. The summed E-state index contributed by atoms with van der Waals surface area (Å²) < 4.78 is 11.4. The lowest BCUT2D eigenvalue weighted by Gasteiger charge is -2.27. The van der Waals surface area contributed by atoms with Gasteiger partial charge >= 0.3 is 6.03 Å². The summed E-state index contributed by atoms with van der Waals surface area (Å²) in [5.74, 6) is 1.32. The molecule has 1 saturated carbocycles. The van der Waals surface area contributed by atoms with Crippen LogP contribution in [0.15, 0.2) is 36.1 Å². The number of rotatable bonds is 7. The topological polar surface area (TPSA) is 141 Å². The van der Waals surface area contributed by atoms with Crippen LogP contribution in [0.25, 0.3) is 16.8 Å². The SMILES string of the molecule is O=C(Nc1cccc2c1C(=O)c1c(C3=CC=C(OCCC(=O)N4CCNCC4)C4CC34)n[nH]c1-2)NN1CCOCC1. The van der Waals surface area contributed by atoms with Crippen molar-refractivity contribution in [1.82, 2.24) is 30.8 Å². The van der Waals surface area contributed by atoms with Gasteiger partial charge in [-0.1, -0.05) is 18.2 Å². The maximum Gasteiger partial charge on any atom is 0.333 e. The lowest BCUT2D eigenvalue weighted by molar-refractivity contribution is -0.132. The number of aromatic nitrogens is 2. The molecule has 3 fully saturated rings. The van der Waals surface area contributed by atoms with E-state index >= 15 is 0 Å². The van der Waals surface area contributed by atoms with Crippen LogP contribution >= 0.6 is 0 Å². The summed E-state index contributed by atoms with van der Waals surface area (Å²) in [5, 5.41) is 15.6. The van der Waals surface area contributed by atoms with Crippen LogP contribution < -0.4 is 16.1 Å². The molecule has 3 aliphatic carbocycles. The number of nitrogens with zero attached hydrogens (tertiary/aromatic N) is 3. The summed E-state index contributed by atoms with van der Waals surface area (Å²) in [6.45, 7) is 5.84. The van der Waals surface area contributed by atoms with Crippen molar-refractivity contribution >= 4 is 29.0 Å².